The molecule has 1 aliphatic rings. The Hall–Kier alpha value is -1.10. The minimum Gasteiger partial charge on any atom is -0.481 e. The summed E-state index contributed by atoms with van der Waals surface area (Å²) in [6.45, 7) is 0. The van der Waals surface area contributed by atoms with Gasteiger partial charge >= 0.3 is 11.9 Å². The quantitative estimate of drug-likeness (QED) is 0.562. The van der Waals surface area contributed by atoms with E-state index in [1.165, 1.54) is 0 Å². The molecule has 14 heavy (non-hydrogen) atoms. The first-order valence-electron chi connectivity index (χ1n) is 4.71. The zero-order chi connectivity index (χ0) is 10.8. The lowest BCUT2D eigenvalue weighted by Crippen LogP contribution is -2.47. The number of hydrogen-bond donors (Lipinski definition) is 3. The fraction of sp³-hybridized carbons (Fsp3) is 0.778. The van der Waals surface area contributed by atoms with E-state index < -0.39 is 23.4 Å². The van der Waals surface area contributed by atoms with Crippen LogP contribution in [0.25, 0.3) is 0 Å². The summed E-state index contributed by atoms with van der Waals surface area (Å²) in [6, 6.07) is 0. The van der Waals surface area contributed by atoms with Crippen molar-refractivity contribution < 1.29 is 19.8 Å². The van der Waals surface area contributed by atoms with Crippen molar-refractivity contribution in [3.8, 4) is 0 Å². The number of nitrogens with two attached hydrogens (primary N) is 1. The first kappa shape index (κ1) is 11.0. The summed E-state index contributed by atoms with van der Waals surface area (Å²) >= 11 is 0. The van der Waals surface area contributed by atoms with E-state index in [1.807, 2.05) is 0 Å². The molecule has 2 atom stereocenters. The average Bonchev–Trinajstić information content (AvgIpc) is 2.28. The van der Waals surface area contributed by atoms with Gasteiger partial charge in [-0.15, -0.1) is 0 Å². The highest BCUT2D eigenvalue weighted by atomic mass is 16.4. The second-order valence-electron chi connectivity index (χ2n) is 3.93. The summed E-state index contributed by atoms with van der Waals surface area (Å²) < 4.78 is 0. The lowest BCUT2D eigenvalue weighted by Gasteiger charge is -2.21. The zero-order valence-electron chi connectivity index (χ0n) is 7.90. The van der Waals surface area contributed by atoms with Crippen molar-refractivity contribution in [1.82, 2.24) is 0 Å². The van der Waals surface area contributed by atoms with E-state index in [0.29, 0.717) is 25.7 Å². The van der Waals surface area contributed by atoms with Crippen LogP contribution in [0.4, 0.5) is 0 Å². The van der Waals surface area contributed by atoms with Gasteiger partial charge in [0.25, 0.3) is 0 Å². The highest BCUT2D eigenvalue weighted by Gasteiger charge is 2.37. The van der Waals surface area contributed by atoms with Crippen molar-refractivity contribution in [3.63, 3.8) is 0 Å². The number of rotatable bonds is 2. The first-order chi connectivity index (χ1) is 6.46. The fourth-order valence-electron chi connectivity index (χ4n) is 1.83. The summed E-state index contributed by atoms with van der Waals surface area (Å²) in [4.78, 5) is 21.5. The van der Waals surface area contributed by atoms with Gasteiger partial charge in [-0.05, 0) is 25.7 Å². The van der Waals surface area contributed by atoms with E-state index in [-0.39, 0.29) is 6.42 Å². The van der Waals surface area contributed by atoms with Crippen molar-refractivity contribution in [1.29, 1.82) is 0 Å². The molecule has 1 rings (SSSR count). The number of aliphatic carboxylic acids is 2. The third kappa shape index (κ3) is 2.23. The summed E-state index contributed by atoms with van der Waals surface area (Å²) in [5.41, 5.74) is 4.45. The SMILES string of the molecule is N[C@@]1(C(=O)O)CCC[C@@H](C(=O)O)CC1. The van der Waals surface area contributed by atoms with Crippen LogP contribution in [0.15, 0.2) is 0 Å². The standard InChI is InChI=1S/C9H15NO4/c10-9(8(13)14)4-1-2-6(3-5-9)7(11)12/h6H,1-5,10H2,(H,11,12)(H,13,14)/t6-,9+/m1/s1. The van der Waals surface area contributed by atoms with E-state index in [9.17, 15) is 9.59 Å². The molecular formula is C9H15NO4. The Morgan fingerprint density at radius 3 is 2.36 bits per heavy atom. The van der Waals surface area contributed by atoms with Gasteiger partial charge in [0.2, 0.25) is 0 Å². The molecule has 1 saturated carbocycles. The zero-order valence-corrected chi connectivity index (χ0v) is 7.90. The van der Waals surface area contributed by atoms with Crippen LogP contribution in [0, 0.1) is 5.92 Å². The molecule has 5 heteroatoms. The van der Waals surface area contributed by atoms with Crippen molar-refractivity contribution in [2.24, 2.45) is 11.7 Å². The van der Waals surface area contributed by atoms with Gasteiger partial charge in [0.1, 0.15) is 5.54 Å². The number of carboxylic acids is 2. The van der Waals surface area contributed by atoms with Gasteiger partial charge in [-0.2, -0.15) is 0 Å². The summed E-state index contributed by atoms with van der Waals surface area (Å²) in [7, 11) is 0. The number of hydrogen-bond acceptors (Lipinski definition) is 3. The molecule has 1 aliphatic carbocycles. The second-order valence-corrected chi connectivity index (χ2v) is 3.93. The van der Waals surface area contributed by atoms with Crippen LogP contribution in [0.2, 0.25) is 0 Å². The molecule has 0 aromatic rings. The lowest BCUT2D eigenvalue weighted by atomic mass is 9.91. The molecule has 0 aromatic heterocycles. The highest BCUT2D eigenvalue weighted by molar-refractivity contribution is 5.78. The first-order valence-corrected chi connectivity index (χ1v) is 4.71. The predicted octanol–water partition coefficient (Wildman–Crippen LogP) is 0.433. The molecule has 0 unspecified atom stereocenters. The molecule has 80 valence electrons. The lowest BCUT2D eigenvalue weighted by molar-refractivity contribution is -0.145. The Labute approximate surface area is 81.9 Å². The maximum absolute atomic E-state index is 10.8. The minimum absolute atomic E-state index is 0.249. The maximum Gasteiger partial charge on any atom is 0.323 e. The summed E-state index contributed by atoms with van der Waals surface area (Å²) in [6.07, 6.45) is 2.07. The Bertz CT molecular complexity index is 253. The Morgan fingerprint density at radius 2 is 1.86 bits per heavy atom. The molecule has 0 radical (unpaired) electrons. The van der Waals surface area contributed by atoms with Crippen molar-refractivity contribution in [2.75, 3.05) is 0 Å². The molecule has 0 amide bonds. The van der Waals surface area contributed by atoms with Crippen molar-refractivity contribution >= 4 is 11.9 Å². The third-order valence-electron chi connectivity index (χ3n) is 2.89. The van der Waals surface area contributed by atoms with Crippen LogP contribution < -0.4 is 5.73 Å². The largest absolute Gasteiger partial charge is 0.481 e. The van der Waals surface area contributed by atoms with Gasteiger partial charge in [-0.3, -0.25) is 9.59 Å². The predicted molar refractivity (Wildman–Crippen MR) is 48.8 cm³/mol. The van der Waals surface area contributed by atoms with E-state index >= 15 is 0 Å². The molecule has 1 fully saturated rings. The van der Waals surface area contributed by atoms with Gasteiger partial charge < -0.3 is 15.9 Å². The van der Waals surface area contributed by atoms with Crippen LogP contribution in [0.3, 0.4) is 0 Å². The van der Waals surface area contributed by atoms with Gasteiger partial charge in [0, 0.05) is 0 Å². The van der Waals surface area contributed by atoms with Gasteiger partial charge in [0.15, 0.2) is 0 Å². The number of carbonyl (C=O) groups is 2. The molecule has 5 nitrogen and oxygen atoms in total. The van der Waals surface area contributed by atoms with Crippen LogP contribution in [-0.4, -0.2) is 27.7 Å². The smallest absolute Gasteiger partial charge is 0.323 e. The van der Waals surface area contributed by atoms with Crippen molar-refractivity contribution in [3.05, 3.63) is 0 Å². The Morgan fingerprint density at radius 1 is 1.21 bits per heavy atom. The molecular weight excluding hydrogens is 186 g/mol. The summed E-state index contributed by atoms with van der Waals surface area (Å²) in [5.74, 6) is -2.30. The molecule has 0 aromatic carbocycles. The third-order valence-corrected chi connectivity index (χ3v) is 2.89. The topological polar surface area (TPSA) is 101 Å². The molecule has 4 N–H and O–H groups in total. The average molecular weight is 201 g/mol. The van der Waals surface area contributed by atoms with Gasteiger partial charge in [-0.25, -0.2) is 0 Å². The molecule has 0 saturated heterocycles. The minimum atomic E-state index is -1.22. The van der Waals surface area contributed by atoms with Gasteiger partial charge in [0.05, 0.1) is 5.92 Å². The highest BCUT2D eigenvalue weighted by Crippen LogP contribution is 2.29. The monoisotopic (exact) mass is 201 g/mol. The molecule has 0 spiro atoms. The summed E-state index contributed by atoms with van der Waals surface area (Å²) in [5, 5.41) is 17.7. The van der Waals surface area contributed by atoms with Crippen LogP contribution in [0.1, 0.15) is 32.1 Å². The molecule has 0 bridgehead atoms. The van der Waals surface area contributed by atoms with E-state index in [1.54, 1.807) is 0 Å². The van der Waals surface area contributed by atoms with Crippen LogP contribution >= 0.6 is 0 Å². The molecule has 0 heterocycles. The Balaban J connectivity index is 2.65. The number of carboxylic acid groups (broad SMARTS) is 2. The maximum atomic E-state index is 10.8. The molecule has 0 aliphatic heterocycles. The van der Waals surface area contributed by atoms with Crippen molar-refractivity contribution in [2.45, 2.75) is 37.6 Å². The van der Waals surface area contributed by atoms with Crippen LogP contribution in [0.5, 0.6) is 0 Å². The Kier molecular flexibility index (Phi) is 3.10. The van der Waals surface area contributed by atoms with E-state index in [0.717, 1.165) is 0 Å². The van der Waals surface area contributed by atoms with Gasteiger partial charge in [-0.1, -0.05) is 6.42 Å². The van der Waals surface area contributed by atoms with Crippen LogP contribution in [-0.2, 0) is 9.59 Å². The normalized spacial score (nSPS) is 33.4. The second kappa shape index (κ2) is 3.96. The van der Waals surface area contributed by atoms with E-state index in [4.69, 9.17) is 15.9 Å². The fourth-order valence-corrected chi connectivity index (χ4v) is 1.83. The van der Waals surface area contributed by atoms with E-state index in [2.05, 4.69) is 0 Å².